The van der Waals surface area contributed by atoms with E-state index < -0.39 is 0 Å². The smallest absolute Gasteiger partial charge is 0.0412 e. The first-order valence-corrected chi connectivity index (χ1v) is 4.77. The van der Waals surface area contributed by atoms with E-state index in [1.165, 1.54) is 4.90 Å². The van der Waals surface area contributed by atoms with Crippen molar-refractivity contribution < 1.29 is 0 Å². The van der Waals surface area contributed by atoms with Crippen LogP contribution in [0.5, 0.6) is 0 Å². The number of alkyl halides is 1. The van der Waals surface area contributed by atoms with Gasteiger partial charge in [0, 0.05) is 10.8 Å². The van der Waals surface area contributed by atoms with Gasteiger partial charge in [-0.1, -0.05) is 36.0 Å². The molecule has 0 nitrogen and oxygen atoms in total. The van der Waals surface area contributed by atoms with Crippen molar-refractivity contribution in [2.24, 2.45) is 0 Å². The maximum Gasteiger partial charge on any atom is 0.0412 e. The Morgan fingerprint density at radius 2 is 2.00 bits per heavy atom. The molecule has 0 amide bonds. The van der Waals surface area contributed by atoms with Gasteiger partial charge in [0.2, 0.25) is 0 Å². The Morgan fingerprint density at radius 1 is 1.27 bits per heavy atom. The fourth-order valence-electron chi connectivity index (χ4n) is 0.662. The molecule has 0 aliphatic heterocycles. The monoisotopic (exact) mass is 184 g/mol. The predicted octanol–water partition coefficient (Wildman–Crippen LogP) is 3.53. The van der Waals surface area contributed by atoms with Crippen LogP contribution in [-0.4, -0.2) is 5.88 Å². The lowest BCUT2D eigenvalue weighted by molar-refractivity contribution is 1.47. The van der Waals surface area contributed by atoms with Crippen molar-refractivity contribution in [2.45, 2.75) is 4.90 Å². The lowest BCUT2D eigenvalue weighted by Gasteiger charge is -1.91. The Hall–Kier alpha value is -0.400. The van der Waals surface area contributed by atoms with E-state index in [1.54, 1.807) is 11.8 Å². The highest BCUT2D eigenvalue weighted by Crippen LogP contribution is 2.17. The topological polar surface area (TPSA) is 0 Å². The van der Waals surface area contributed by atoms with Gasteiger partial charge in [-0.05, 0) is 17.5 Å². The number of halogens is 1. The maximum absolute atomic E-state index is 5.47. The van der Waals surface area contributed by atoms with Crippen molar-refractivity contribution in [2.75, 3.05) is 5.88 Å². The minimum absolute atomic E-state index is 0.583. The number of benzene rings is 1. The maximum atomic E-state index is 5.47. The summed E-state index contributed by atoms with van der Waals surface area (Å²) in [6, 6.07) is 10.2. The summed E-state index contributed by atoms with van der Waals surface area (Å²) in [6.45, 7) is 0. The summed E-state index contributed by atoms with van der Waals surface area (Å²) in [4.78, 5) is 1.24. The van der Waals surface area contributed by atoms with E-state index in [0.717, 1.165) is 0 Å². The van der Waals surface area contributed by atoms with Crippen LogP contribution in [-0.2, 0) is 0 Å². The second kappa shape index (κ2) is 5.28. The summed E-state index contributed by atoms with van der Waals surface area (Å²) in [7, 11) is 0. The lowest BCUT2D eigenvalue weighted by atomic mass is 10.4. The molecule has 11 heavy (non-hydrogen) atoms. The third kappa shape index (κ3) is 3.49. The van der Waals surface area contributed by atoms with Crippen LogP contribution in [0.2, 0.25) is 0 Å². The molecule has 1 rings (SSSR count). The van der Waals surface area contributed by atoms with Gasteiger partial charge in [-0.3, -0.25) is 0 Å². The summed E-state index contributed by atoms with van der Waals surface area (Å²) >= 11 is 7.15. The molecule has 1 aromatic carbocycles. The molecule has 0 bridgehead atoms. The van der Waals surface area contributed by atoms with Crippen molar-refractivity contribution in [3.8, 4) is 0 Å². The Kier molecular flexibility index (Phi) is 4.17. The van der Waals surface area contributed by atoms with Gasteiger partial charge in [-0.2, -0.15) is 0 Å². The molecule has 2 heteroatoms. The van der Waals surface area contributed by atoms with Crippen molar-refractivity contribution >= 4 is 23.4 Å². The molecule has 1 aromatic rings. The van der Waals surface area contributed by atoms with Crippen molar-refractivity contribution in [3.63, 3.8) is 0 Å². The molecule has 0 aliphatic carbocycles. The van der Waals surface area contributed by atoms with Gasteiger partial charge < -0.3 is 0 Å². The van der Waals surface area contributed by atoms with Crippen LogP contribution >= 0.6 is 23.4 Å². The largest absolute Gasteiger partial charge is 0.122 e. The first-order chi connectivity index (χ1) is 5.43. The van der Waals surface area contributed by atoms with E-state index >= 15 is 0 Å². The molecule has 0 spiro atoms. The molecule has 0 radical (unpaired) electrons. The van der Waals surface area contributed by atoms with Crippen LogP contribution in [0, 0.1) is 0 Å². The molecule has 0 N–H and O–H groups in total. The van der Waals surface area contributed by atoms with E-state index in [4.69, 9.17) is 11.6 Å². The third-order valence-corrected chi connectivity index (χ3v) is 2.18. The Morgan fingerprint density at radius 3 is 2.64 bits per heavy atom. The van der Waals surface area contributed by atoms with E-state index in [-0.39, 0.29) is 0 Å². The van der Waals surface area contributed by atoms with E-state index in [0.29, 0.717) is 5.88 Å². The standard InChI is InChI=1S/C9H9ClS/c10-7-4-8-11-9-5-2-1-3-6-9/h1-6,8H,7H2. The third-order valence-electron chi connectivity index (χ3n) is 1.13. The Balaban J connectivity index is 2.45. The zero-order chi connectivity index (χ0) is 7.94. The van der Waals surface area contributed by atoms with Crippen LogP contribution in [0.3, 0.4) is 0 Å². The van der Waals surface area contributed by atoms with Gasteiger partial charge in [0.05, 0.1) is 0 Å². The van der Waals surface area contributed by atoms with Gasteiger partial charge >= 0.3 is 0 Å². The first kappa shape index (κ1) is 8.69. The molecular formula is C9H9ClS. The van der Waals surface area contributed by atoms with Gasteiger partial charge in [0.1, 0.15) is 0 Å². The normalized spacial score (nSPS) is 10.6. The molecule has 0 unspecified atom stereocenters. The van der Waals surface area contributed by atoms with Gasteiger partial charge in [-0.25, -0.2) is 0 Å². The van der Waals surface area contributed by atoms with Crippen molar-refractivity contribution in [1.82, 2.24) is 0 Å². The first-order valence-electron chi connectivity index (χ1n) is 3.36. The molecule has 0 aliphatic rings. The average molecular weight is 185 g/mol. The zero-order valence-corrected chi connectivity index (χ0v) is 7.61. The Labute approximate surface area is 76.3 Å². The number of allylic oxidation sites excluding steroid dienone is 1. The van der Waals surface area contributed by atoms with Crippen LogP contribution in [0.1, 0.15) is 0 Å². The molecule has 0 fully saturated rings. The summed E-state index contributed by atoms with van der Waals surface area (Å²) in [6.07, 6.45) is 1.93. The predicted molar refractivity (Wildman–Crippen MR) is 52.2 cm³/mol. The molecule has 0 heterocycles. The van der Waals surface area contributed by atoms with E-state index in [1.807, 2.05) is 29.7 Å². The second-order valence-electron chi connectivity index (χ2n) is 1.96. The molecular weight excluding hydrogens is 176 g/mol. The molecule has 0 saturated carbocycles. The number of thioether (sulfide) groups is 1. The molecule has 0 atom stereocenters. The highest BCUT2D eigenvalue weighted by Gasteiger charge is 1.84. The fourth-order valence-corrected chi connectivity index (χ4v) is 1.52. The van der Waals surface area contributed by atoms with Crippen molar-refractivity contribution in [3.05, 3.63) is 41.8 Å². The van der Waals surface area contributed by atoms with Crippen LogP contribution in [0.15, 0.2) is 46.7 Å². The second-order valence-corrected chi connectivity index (χ2v) is 3.24. The fraction of sp³-hybridized carbons (Fsp3) is 0.111. The van der Waals surface area contributed by atoms with Crippen LogP contribution in [0.25, 0.3) is 0 Å². The number of hydrogen-bond donors (Lipinski definition) is 0. The van der Waals surface area contributed by atoms with Crippen LogP contribution in [0.4, 0.5) is 0 Å². The summed E-state index contributed by atoms with van der Waals surface area (Å²) in [5.74, 6) is 0.583. The van der Waals surface area contributed by atoms with Gasteiger partial charge in [-0.15, -0.1) is 11.6 Å². The van der Waals surface area contributed by atoms with Gasteiger partial charge in [0.15, 0.2) is 0 Å². The minimum Gasteiger partial charge on any atom is -0.122 e. The molecule has 58 valence electrons. The Bertz CT molecular complexity index is 218. The molecule has 0 saturated heterocycles. The highest BCUT2D eigenvalue weighted by atomic mass is 35.5. The number of rotatable bonds is 3. The number of hydrogen-bond acceptors (Lipinski definition) is 1. The SMILES string of the molecule is ClCC=CSc1ccccc1. The van der Waals surface area contributed by atoms with Crippen LogP contribution < -0.4 is 0 Å². The summed E-state index contributed by atoms with van der Waals surface area (Å²) in [5.41, 5.74) is 0. The summed E-state index contributed by atoms with van der Waals surface area (Å²) < 4.78 is 0. The summed E-state index contributed by atoms with van der Waals surface area (Å²) in [5, 5.41) is 2.00. The molecule has 0 aromatic heterocycles. The van der Waals surface area contributed by atoms with E-state index in [9.17, 15) is 0 Å². The highest BCUT2D eigenvalue weighted by molar-refractivity contribution is 8.02. The van der Waals surface area contributed by atoms with E-state index in [2.05, 4.69) is 12.1 Å². The quantitative estimate of drug-likeness (QED) is 0.512. The average Bonchev–Trinajstić information content (AvgIpc) is 2.07. The zero-order valence-electron chi connectivity index (χ0n) is 6.03. The minimum atomic E-state index is 0.583. The van der Waals surface area contributed by atoms with Gasteiger partial charge in [0.25, 0.3) is 0 Å². The lowest BCUT2D eigenvalue weighted by Crippen LogP contribution is -1.64. The van der Waals surface area contributed by atoms with Crippen molar-refractivity contribution in [1.29, 1.82) is 0 Å².